The molecule has 0 saturated carbocycles. The Balaban J connectivity index is 3.11. The predicted molar refractivity (Wildman–Crippen MR) is 72.0 cm³/mol. The highest BCUT2D eigenvalue weighted by atomic mass is 14.5. The van der Waals surface area contributed by atoms with Crippen molar-refractivity contribution in [3.8, 4) is 0 Å². The minimum Gasteiger partial charge on any atom is -0.330 e. The smallest absolute Gasteiger partial charge is 0.00741 e. The molecule has 0 amide bonds. The van der Waals surface area contributed by atoms with E-state index >= 15 is 0 Å². The Morgan fingerprint density at radius 2 is 1.75 bits per heavy atom. The summed E-state index contributed by atoms with van der Waals surface area (Å²) in [7, 11) is 0. The van der Waals surface area contributed by atoms with Gasteiger partial charge >= 0.3 is 0 Å². The van der Waals surface area contributed by atoms with Crippen LogP contribution in [0.1, 0.15) is 62.6 Å². The van der Waals surface area contributed by atoms with Gasteiger partial charge in [-0.1, -0.05) is 45.9 Å². The highest BCUT2D eigenvalue weighted by molar-refractivity contribution is 5.39. The maximum Gasteiger partial charge on any atom is -0.00741 e. The van der Waals surface area contributed by atoms with Gasteiger partial charge in [-0.05, 0) is 47.9 Å². The standard InChI is InChI=1S/C15H25N/c1-11(2)14-9-5-7-13(8-6-10-16)15(14)12(3)4/h5,7,9,11-12H,6,8,10,16H2,1-4H3. The average Bonchev–Trinajstić information content (AvgIpc) is 2.25. The van der Waals surface area contributed by atoms with Crippen molar-refractivity contribution in [2.45, 2.75) is 52.4 Å². The van der Waals surface area contributed by atoms with Gasteiger partial charge in [0.05, 0.1) is 0 Å². The summed E-state index contributed by atoms with van der Waals surface area (Å²) in [6.07, 6.45) is 2.20. The van der Waals surface area contributed by atoms with Crippen LogP contribution in [0.5, 0.6) is 0 Å². The Labute approximate surface area is 100 Å². The van der Waals surface area contributed by atoms with Gasteiger partial charge in [0.25, 0.3) is 0 Å². The van der Waals surface area contributed by atoms with Crippen LogP contribution < -0.4 is 5.73 Å². The summed E-state index contributed by atoms with van der Waals surface area (Å²) in [6.45, 7) is 9.89. The molecule has 0 unspecified atom stereocenters. The Kier molecular flexibility index (Phi) is 5.01. The molecular formula is C15H25N. The molecule has 0 spiro atoms. The van der Waals surface area contributed by atoms with Crippen LogP contribution >= 0.6 is 0 Å². The zero-order chi connectivity index (χ0) is 12.1. The molecule has 2 N–H and O–H groups in total. The van der Waals surface area contributed by atoms with Gasteiger partial charge in [-0.15, -0.1) is 0 Å². The van der Waals surface area contributed by atoms with E-state index in [0.717, 1.165) is 19.4 Å². The van der Waals surface area contributed by atoms with Crippen molar-refractivity contribution < 1.29 is 0 Å². The molecule has 90 valence electrons. The fourth-order valence-electron chi connectivity index (χ4n) is 2.35. The first kappa shape index (κ1) is 13.2. The minimum absolute atomic E-state index is 0.603. The molecule has 1 heteroatoms. The molecule has 0 radical (unpaired) electrons. The van der Waals surface area contributed by atoms with Crippen molar-refractivity contribution in [3.05, 3.63) is 34.9 Å². The summed E-state index contributed by atoms with van der Waals surface area (Å²) in [5.41, 5.74) is 10.1. The number of aryl methyl sites for hydroxylation is 1. The van der Waals surface area contributed by atoms with E-state index in [1.165, 1.54) is 11.1 Å². The molecule has 0 fully saturated rings. The number of rotatable bonds is 5. The van der Waals surface area contributed by atoms with E-state index in [4.69, 9.17) is 5.73 Å². The lowest BCUT2D eigenvalue weighted by Gasteiger charge is -2.20. The van der Waals surface area contributed by atoms with Crippen molar-refractivity contribution >= 4 is 0 Å². The first-order valence-electron chi connectivity index (χ1n) is 6.39. The second-order valence-electron chi connectivity index (χ2n) is 5.12. The topological polar surface area (TPSA) is 26.0 Å². The van der Waals surface area contributed by atoms with Crippen molar-refractivity contribution in [1.82, 2.24) is 0 Å². The second kappa shape index (κ2) is 6.05. The number of benzene rings is 1. The maximum absolute atomic E-state index is 5.60. The van der Waals surface area contributed by atoms with Crippen LogP contribution in [0.3, 0.4) is 0 Å². The molecule has 0 aliphatic carbocycles. The molecule has 0 aliphatic heterocycles. The molecule has 0 heterocycles. The molecule has 0 atom stereocenters. The number of nitrogens with two attached hydrogens (primary N) is 1. The quantitative estimate of drug-likeness (QED) is 0.800. The van der Waals surface area contributed by atoms with Crippen LogP contribution in [0.15, 0.2) is 18.2 Å². The second-order valence-corrected chi connectivity index (χ2v) is 5.12. The van der Waals surface area contributed by atoms with Gasteiger partial charge in [-0.25, -0.2) is 0 Å². The highest BCUT2D eigenvalue weighted by Crippen LogP contribution is 2.29. The summed E-state index contributed by atoms with van der Waals surface area (Å²) in [5, 5.41) is 0. The lowest BCUT2D eigenvalue weighted by Crippen LogP contribution is -2.06. The van der Waals surface area contributed by atoms with E-state index < -0.39 is 0 Å². The highest BCUT2D eigenvalue weighted by Gasteiger charge is 2.13. The molecule has 1 rings (SSSR count). The molecule has 0 bridgehead atoms. The largest absolute Gasteiger partial charge is 0.330 e. The lowest BCUT2D eigenvalue weighted by atomic mass is 9.85. The summed E-state index contributed by atoms with van der Waals surface area (Å²) in [4.78, 5) is 0. The zero-order valence-corrected chi connectivity index (χ0v) is 11.1. The summed E-state index contributed by atoms with van der Waals surface area (Å²) in [6, 6.07) is 6.72. The molecule has 0 aromatic heterocycles. The van der Waals surface area contributed by atoms with Gasteiger partial charge in [-0.2, -0.15) is 0 Å². The van der Waals surface area contributed by atoms with Crippen molar-refractivity contribution in [2.75, 3.05) is 6.54 Å². The molecular weight excluding hydrogens is 194 g/mol. The van der Waals surface area contributed by atoms with Gasteiger partial charge in [0.1, 0.15) is 0 Å². The van der Waals surface area contributed by atoms with Crippen LogP contribution in [-0.2, 0) is 6.42 Å². The van der Waals surface area contributed by atoms with Crippen molar-refractivity contribution in [2.24, 2.45) is 5.73 Å². The third kappa shape index (κ3) is 3.08. The first-order chi connectivity index (χ1) is 7.57. The third-order valence-electron chi connectivity index (χ3n) is 3.08. The third-order valence-corrected chi connectivity index (χ3v) is 3.08. The fraction of sp³-hybridized carbons (Fsp3) is 0.600. The molecule has 1 aromatic carbocycles. The predicted octanol–water partition coefficient (Wildman–Crippen LogP) is 3.82. The fourth-order valence-corrected chi connectivity index (χ4v) is 2.35. The Hall–Kier alpha value is -0.820. The molecule has 16 heavy (non-hydrogen) atoms. The summed E-state index contributed by atoms with van der Waals surface area (Å²) < 4.78 is 0. The van der Waals surface area contributed by atoms with E-state index in [9.17, 15) is 0 Å². The molecule has 0 aliphatic rings. The van der Waals surface area contributed by atoms with E-state index in [2.05, 4.69) is 45.9 Å². The van der Waals surface area contributed by atoms with Crippen LogP contribution in [0.2, 0.25) is 0 Å². The SMILES string of the molecule is CC(C)c1cccc(CCCN)c1C(C)C. The minimum atomic E-state index is 0.603. The number of hydrogen-bond acceptors (Lipinski definition) is 1. The van der Waals surface area contributed by atoms with E-state index in [1.807, 2.05) is 0 Å². The van der Waals surface area contributed by atoms with Gasteiger partial charge in [0.15, 0.2) is 0 Å². The van der Waals surface area contributed by atoms with E-state index in [1.54, 1.807) is 5.56 Å². The lowest BCUT2D eigenvalue weighted by molar-refractivity contribution is 0.754. The van der Waals surface area contributed by atoms with Gasteiger partial charge in [0, 0.05) is 0 Å². The van der Waals surface area contributed by atoms with Crippen LogP contribution in [0.4, 0.5) is 0 Å². The molecule has 1 aromatic rings. The van der Waals surface area contributed by atoms with Gasteiger partial charge in [0.2, 0.25) is 0 Å². The molecule has 1 nitrogen and oxygen atoms in total. The van der Waals surface area contributed by atoms with Gasteiger partial charge in [-0.3, -0.25) is 0 Å². The maximum atomic E-state index is 5.60. The van der Waals surface area contributed by atoms with E-state index in [-0.39, 0.29) is 0 Å². The van der Waals surface area contributed by atoms with Crippen LogP contribution in [0.25, 0.3) is 0 Å². The Morgan fingerprint density at radius 1 is 1.06 bits per heavy atom. The van der Waals surface area contributed by atoms with Crippen molar-refractivity contribution in [1.29, 1.82) is 0 Å². The average molecular weight is 219 g/mol. The normalized spacial score (nSPS) is 11.4. The first-order valence-corrected chi connectivity index (χ1v) is 6.39. The van der Waals surface area contributed by atoms with Crippen molar-refractivity contribution in [3.63, 3.8) is 0 Å². The van der Waals surface area contributed by atoms with Gasteiger partial charge < -0.3 is 5.73 Å². The Bertz CT molecular complexity index is 326. The molecule has 0 saturated heterocycles. The summed E-state index contributed by atoms with van der Waals surface area (Å²) in [5.74, 6) is 1.21. The number of hydrogen-bond donors (Lipinski definition) is 1. The zero-order valence-electron chi connectivity index (χ0n) is 11.1. The van der Waals surface area contributed by atoms with Crippen LogP contribution in [0, 0.1) is 0 Å². The summed E-state index contributed by atoms with van der Waals surface area (Å²) >= 11 is 0. The van der Waals surface area contributed by atoms with E-state index in [0.29, 0.717) is 11.8 Å². The Morgan fingerprint density at radius 3 is 2.25 bits per heavy atom. The van der Waals surface area contributed by atoms with Crippen LogP contribution in [-0.4, -0.2) is 6.54 Å². The monoisotopic (exact) mass is 219 g/mol.